The maximum Gasteiger partial charge on any atom is 0.308 e. The molecular weight excluding hydrogens is 735 g/mol. The van der Waals surface area contributed by atoms with Gasteiger partial charge in [0.25, 0.3) is 0 Å². The number of fused-ring (bicyclic) bond motifs is 3. The highest BCUT2D eigenvalue weighted by molar-refractivity contribution is 5.75. The van der Waals surface area contributed by atoms with Gasteiger partial charge in [0.1, 0.15) is 0 Å². The fourth-order valence-corrected chi connectivity index (χ4v) is 9.33. The summed E-state index contributed by atoms with van der Waals surface area (Å²) in [4.78, 5) is 19.9. The van der Waals surface area contributed by atoms with E-state index in [0.717, 1.165) is 91.5 Å². The van der Waals surface area contributed by atoms with Crippen molar-refractivity contribution in [2.45, 2.75) is 105 Å². The van der Waals surface area contributed by atoms with Gasteiger partial charge in [0, 0.05) is 61.4 Å². The summed E-state index contributed by atoms with van der Waals surface area (Å²) in [7, 11) is 11.2. The average Bonchev–Trinajstić information content (AvgIpc) is 3.16. The Morgan fingerprint density at radius 2 is 0.931 bits per heavy atom. The van der Waals surface area contributed by atoms with Gasteiger partial charge in [-0.3, -0.25) is 19.5 Å². The van der Waals surface area contributed by atoms with Gasteiger partial charge in [-0.15, -0.1) is 0 Å². The lowest BCUT2D eigenvalue weighted by Crippen LogP contribution is -2.34. The standard InChI is InChI=1S/C47H67N3O8/c1-26(2)20-33-39-30(14-17-48(33)8)23-36(53-11)43(42(39)52)57-47-41-32(16-19-50(10)35(41)22-28(5)6)25-38(55-13)45(47)58-46-40-31(15-18-49(9)34(40)21-27(3)4)24-37(54-12)44(46)56-29(7)51/h23-28,33-35,52H,14-22H2,1-13H3. The molecule has 58 heavy (non-hydrogen) atoms. The van der Waals surface area contributed by atoms with Crippen LogP contribution in [0.15, 0.2) is 18.2 Å². The van der Waals surface area contributed by atoms with Crippen molar-refractivity contribution >= 4 is 5.97 Å². The number of phenols is 1. The van der Waals surface area contributed by atoms with E-state index in [1.54, 1.807) is 21.3 Å². The van der Waals surface area contributed by atoms with Crippen LogP contribution in [-0.4, -0.2) is 87.9 Å². The zero-order valence-corrected chi connectivity index (χ0v) is 37.2. The van der Waals surface area contributed by atoms with Crippen molar-refractivity contribution < 1.29 is 38.3 Å². The molecule has 0 saturated carbocycles. The number of likely N-dealkylation sites (N-methyl/N-ethyl adjacent to an activating group) is 3. The van der Waals surface area contributed by atoms with Crippen LogP contribution >= 0.6 is 0 Å². The molecule has 0 aliphatic carbocycles. The van der Waals surface area contributed by atoms with E-state index < -0.39 is 5.97 Å². The number of hydrogen-bond acceptors (Lipinski definition) is 11. The summed E-state index contributed by atoms with van der Waals surface area (Å²) in [5.41, 5.74) is 5.98. The van der Waals surface area contributed by atoms with E-state index in [1.807, 2.05) is 12.1 Å². The molecule has 0 aromatic heterocycles. The molecule has 0 amide bonds. The molecule has 0 radical (unpaired) electrons. The predicted molar refractivity (Wildman–Crippen MR) is 228 cm³/mol. The van der Waals surface area contributed by atoms with Crippen molar-refractivity contribution in [2.75, 3.05) is 62.1 Å². The first-order valence-electron chi connectivity index (χ1n) is 21.1. The summed E-state index contributed by atoms with van der Waals surface area (Å²) in [6.45, 7) is 17.3. The van der Waals surface area contributed by atoms with Crippen molar-refractivity contribution in [3.8, 4) is 51.7 Å². The summed E-state index contributed by atoms with van der Waals surface area (Å²) in [6, 6.07) is 5.99. The Balaban J connectivity index is 1.68. The Labute approximate surface area is 346 Å². The Hall–Kier alpha value is -4.19. The molecule has 3 heterocycles. The number of methoxy groups -OCH3 is 3. The predicted octanol–water partition coefficient (Wildman–Crippen LogP) is 9.65. The van der Waals surface area contributed by atoms with Crippen LogP contribution in [0.1, 0.15) is 119 Å². The van der Waals surface area contributed by atoms with Crippen LogP contribution in [0.5, 0.6) is 51.7 Å². The Morgan fingerprint density at radius 1 is 0.586 bits per heavy atom. The van der Waals surface area contributed by atoms with Crippen LogP contribution in [0.2, 0.25) is 0 Å². The molecule has 3 aliphatic heterocycles. The van der Waals surface area contributed by atoms with Crippen molar-refractivity contribution in [2.24, 2.45) is 17.8 Å². The Morgan fingerprint density at radius 3 is 1.33 bits per heavy atom. The van der Waals surface area contributed by atoms with Gasteiger partial charge in [-0.1, -0.05) is 41.5 Å². The first-order valence-corrected chi connectivity index (χ1v) is 21.1. The van der Waals surface area contributed by atoms with Crippen molar-refractivity contribution in [1.82, 2.24) is 14.7 Å². The summed E-state index contributed by atoms with van der Waals surface area (Å²) in [5.74, 6) is 3.58. The third-order valence-corrected chi connectivity index (χ3v) is 12.2. The molecule has 0 fully saturated rings. The molecule has 318 valence electrons. The topological polar surface area (TPSA) is 102 Å². The molecule has 11 nitrogen and oxygen atoms in total. The maximum atomic E-state index is 12.9. The minimum absolute atomic E-state index is 0.00347. The number of ether oxygens (including phenoxy) is 6. The summed E-state index contributed by atoms with van der Waals surface area (Å²) < 4.78 is 38.8. The molecule has 0 bridgehead atoms. The van der Waals surface area contributed by atoms with Gasteiger partial charge in [-0.25, -0.2) is 0 Å². The van der Waals surface area contributed by atoms with E-state index in [2.05, 4.69) is 83.5 Å². The molecule has 3 atom stereocenters. The fourth-order valence-electron chi connectivity index (χ4n) is 9.33. The molecule has 3 aliphatic rings. The number of nitrogens with zero attached hydrogens (tertiary/aromatic N) is 3. The SMILES string of the molecule is COc1cc2c(c(O)c1Oc1c(Oc3c(OC(C)=O)c(OC)cc4c3C(CC(C)C)N(C)CC4)c(OC)cc3c1C(CC(C)C)N(C)CC3)C(CC(C)C)N(C)CC2. The lowest BCUT2D eigenvalue weighted by Gasteiger charge is -2.39. The van der Waals surface area contributed by atoms with Crippen LogP contribution in [0, 0.1) is 17.8 Å². The normalized spacial score (nSPS) is 19.8. The zero-order valence-electron chi connectivity index (χ0n) is 37.2. The number of hydrogen-bond donors (Lipinski definition) is 1. The van der Waals surface area contributed by atoms with Gasteiger partial charge in [0.15, 0.2) is 34.5 Å². The quantitative estimate of drug-likeness (QED) is 0.125. The van der Waals surface area contributed by atoms with Gasteiger partial charge in [0.2, 0.25) is 17.2 Å². The summed E-state index contributed by atoms with van der Waals surface area (Å²) >= 11 is 0. The van der Waals surface area contributed by atoms with E-state index >= 15 is 0 Å². The van der Waals surface area contributed by atoms with Crippen LogP contribution in [-0.2, 0) is 24.1 Å². The molecule has 3 aromatic rings. The van der Waals surface area contributed by atoms with E-state index in [-0.39, 0.29) is 35.4 Å². The van der Waals surface area contributed by atoms with Crippen molar-refractivity contribution in [3.63, 3.8) is 0 Å². The van der Waals surface area contributed by atoms with E-state index in [9.17, 15) is 9.90 Å². The monoisotopic (exact) mass is 801 g/mol. The lowest BCUT2D eigenvalue weighted by atomic mass is 9.85. The highest BCUT2D eigenvalue weighted by atomic mass is 16.6. The highest BCUT2D eigenvalue weighted by Gasteiger charge is 2.39. The van der Waals surface area contributed by atoms with Gasteiger partial charge in [0.05, 0.1) is 21.3 Å². The van der Waals surface area contributed by atoms with Crippen LogP contribution in [0.3, 0.4) is 0 Å². The van der Waals surface area contributed by atoms with Gasteiger partial charge < -0.3 is 33.5 Å². The van der Waals surface area contributed by atoms with Crippen LogP contribution in [0.25, 0.3) is 0 Å². The summed E-state index contributed by atoms with van der Waals surface area (Å²) in [5, 5.41) is 12.5. The number of carbonyl (C=O) groups is 1. The molecule has 0 saturated heterocycles. The van der Waals surface area contributed by atoms with Gasteiger partial charge in [-0.2, -0.15) is 0 Å². The highest BCUT2D eigenvalue weighted by Crippen LogP contribution is 2.58. The van der Waals surface area contributed by atoms with Crippen molar-refractivity contribution in [1.29, 1.82) is 0 Å². The third-order valence-electron chi connectivity index (χ3n) is 12.2. The smallest absolute Gasteiger partial charge is 0.308 e. The van der Waals surface area contributed by atoms with Gasteiger partial charge >= 0.3 is 5.97 Å². The maximum absolute atomic E-state index is 12.9. The number of phenolic OH excluding ortho intramolecular Hbond substituents is 1. The minimum Gasteiger partial charge on any atom is -0.504 e. The number of benzene rings is 3. The number of esters is 1. The van der Waals surface area contributed by atoms with E-state index in [4.69, 9.17) is 28.4 Å². The summed E-state index contributed by atoms with van der Waals surface area (Å²) in [6.07, 6.45) is 4.88. The number of aromatic hydroxyl groups is 1. The Kier molecular flexibility index (Phi) is 13.4. The van der Waals surface area contributed by atoms with E-state index in [0.29, 0.717) is 52.3 Å². The zero-order chi connectivity index (χ0) is 42.2. The molecule has 6 rings (SSSR count). The van der Waals surface area contributed by atoms with Gasteiger partial charge in [-0.05, 0) is 112 Å². The molecule has 3 aromatic carbocycles. The first kappa shape index (κ1) is 43.4. The fraction of sp³-hybridized carbons (Fsp3) is 0.596. The van der Waals surface area contributed by atoms with E-state index in [1.165, 1.54) is 6.92 Å². The average molecular weight is 802 g/mol. The second-order valence-electron chi connectivity index (χ2n) is 17.9. The molecule has 3 unspecified atom stereocenters. The minimum atomic E-state index is -0.496. The molecular formula is C47H67N3O8. The number of carbonyl (C=O) groups excluding carboxylic acids is 1. The largest absolute Gasteiger partial charge is 0.504 e. The van der Waals surface area contributed by atoms with Crippen LogP contribution < -0.4 is 28.4 Å². The second kappa shape index (κ2) is 18.0. The number of rotatable bonds is 14. The third kappa shape index (κ3) is 8.59. The molecule has 11 heteroatoms. The lowest BCUT2D eigenvalue weighted by molar-refractivity contribution is -0.132. The first-order chi connectivity index (χ1) is 27.6. The second-order valence-corrected chi connectivity index (χ2v) is 17.9. The molecule has 0 spiro atoms. The van der Waals surface area contributed by atoms with Crippen LogP contribution in [0.4, 0.5) is 0 Å². The van der Waals surface area contributed by atoms with Crippen molar-refractivity contribution in [3.05, 3.63) is 51.6 Å². The Bertz CT molecular complexity index is 1980. The molecule has 1 N–H and O–H groups in total.